The Hall–Kier alpha value is -2.69. The van der Waals surface area contributed by atoms with Crippen LogP contribution in [-0.4, -0.2) is 87.1 Å². The topological polar surface area (TPSA) is 143 Å². The van der Waals surface area contributed by atoms with E-state index in [9.17, 15) is 30.3 Å². The number of nitrogens with one attached hydrogen (secondary N) is 1. The monoisotopic (exact) mass is 568 g/mol. The smallest absolute Gasteiger partial charge is 0.317 e. The van der Waals surface area contributed by atoms with Crippen LogP contribution >= 0.6 is 0 Å². The summed E-state index contributed by atoms with van der Waals surface area (Å²) in [4.78, 5) is 14.7. The van der Waals surface area contributed by atoms with Gasteiger partial charge in [-0.25, -0.2) is 4.79 Å². The SMILES string of the molecule is Cc1cc(O)c([C@@H]2O[C@H](CO)[C@@H](O)[C@H](O)[C@H]2O)cc1Cc1ccc(CCNC(=O)N2CCC3CCCCC3C2)cc1. The van der Waals surface area contributed by atoms with Crippen LogP contribution in [0.25, 0.3) is 0 Å². The van der Waals surface area contributed by atoms with Crippen molar-refractivity contribution >= 4 is 6.03 Å². The molecule has 0 spiro atoms. The van der Waals surface area contributed by atoms with Gasteiger partial charge in [0.25, 0.3) is 0 Å². The number of aryl methyl sites for hydroxylation is 1. The fraction of sp³-hybridized carbons (Fsp3) is 0.594. The normalized spacial score (nSPS) is 30.1. The molecule has 2 saturated heterocycles. The lowest BCUT2D eigenvalue weighted by Gasteiger charge is -2.41. The van der Waals surface area contributed by atoms with E-state index in [0.29, 0.717) is 24.4 Å². The van der Waals surface area contributed by atoms with Crippen molar-refractivity contribution in [1.29, 1.82) is 0 Å². The highest BCUT2D eigenvalue weighted by Crippen LogP contribution is 2.38. The van der Waals surface area contributed by atoms with Crippen LogP contribution < -0.4 is 5.32 Å². The van der Waals surface area contributed by atoms with Crippen LogP contribution in [0.3, 0.4) is 0 Å². The highest BCUT2D eigenvalue weighted by atomic mass is 16.5. The minimum atomic E-state index is -1.52. The number of urea groups is 1. The minimum Gasteiger partial charge on any atom is -0.508 e. The van der Waals surface area contributed by atoms with Crippen molar-refractivity contribution < 1.29 is 35.1 Å². The number of carbonyl (C=O) groups excluding carboxylic acids is 1. The molecule has 2 amide bonds. The van der Waals surface area contributed by atoms with E-state index in [4.69, 9.17) is 4.74 Å². The Kier molecular flexibility index (Phi) is 9.51. The summed E-state index contributed by atoms with van der Waals surface area (Å²) >= 11 is 0. The Balaban J connectivity index is 1.16. The van der Waals surface area contributed by atoms with Gasteiger partial charge in [0.05, 0.1) is 6.61 Å². The van der Waals surface area contributed by atoms with Crippen molar-refractivity contribution in [3.63, 3.8) is 0 Å². The number of hydrogen-bond donors (Lipinski definition) is 6. The molecule has 1 saturated carbocycles. The van der Waals surface area contributed by atoms with E-state index in [1.54, 1.807) is 12.1 Å². The van der Waals surface area contributed by atoms with Gasteiger partial charge in [0.2, 0.25) is 0 Å². The Bertz CT molecular complexity index is 1190. The zero-order chi connectivity index (χ0) is 29.1. The minimum absolute atomic E-state index is 0.0451. The van der Waals surface area contributed by atoms with Crippen molar-refractivity contribution in [2.24, 2.45) is 11.8 Å². The predicted octanol–water partition coefficient (Wildman–Crippen LogP) is 2.57. The lowest BCUT2D eigenvalue weighted by atomic mass is 9.75. The van der Waals surface area contributed by atoms with E-state index < -0.39 is 37.1 Å². The highest BCUT2D eigenvalue weighted by molar-refractivity contribution is 5.74. The van der Waals surface area contributed by atoms with Crippen LogP contribution in [0.4, 0.5) is 4.79 Å². The quantitative estimate of drug-likeness (QED) is 0.301. The second-order valence-corrected chi connectivity index (χ2v) is 12.1. The Morgan fingerprint density at radius 2 is 1.68 bits per heavy atom. The molecule has 9 heteroatoms. The first-order valence-electron chi connectivity index (χ1n) is 15.0. The summed E-state index contributed by atoms with van der Waals surface area (Å²) in [6.07, 6.45) is 1.05. The van der Waals surface area contributed by atoms with E-state index in [1.165, 1.54) is 25.7 Å². The molecule has 2 heterocycles. The van der Waals surface area contributed by atoms with Gasteiger partial charge in [0.15, 0.2) is 0 Å². The second kappa shape index (κ2) is 13.1. The molecule has 2 unspecified atom stereocenters. The maximum absolute atomic E-state index is 12.7. The first kappa shape index (κ1) is 29.8. The first-order valence-corrected chi connectivity index (χ1v) is 15.0. The van der Waals surface area contributed by atoms with Crippen molar-refractivity contribution in [3.05, 3.63) is 64.2 Å². The number of likely N-dealkylation sites (tertiary alicyclic amines) is 1. The summed E-state index contributed by atoms with van der Waals surface area (Å²) in [5.74, 6) is 1.38. The van der Waals surface area contributed by atoms with Gasteiger partial charge in [-0.1, -0.05) is 43.5 Å². The third-order valence-corrected chi connectivity index (χ3v) is 9.37. The van der Waals surface area contributed by atoms with Crippen LogP contribution in [0.1, 0.15) is 66.0 Å². The molecule has 0 bridgehead atoms. The molecule has 9 nitrogen and oxygen atoms in total. The molecule has 2 aromatic carbocycles. The van der Waals surface area contributed by atoms with Crippen molar-refractivity contribution in [2.75, 3.05) is 26.2 Å². The lowest BCUT2D eigenvalue weighted by Crippen LogP contribution is -2.55. The number of carbonyl (C=O) groups is 1. The number of phenols is 1. The van der Waals surface area contributed by atoms with Gasteiger partial charge in [-0.2, -0.15) is 0 Å². The fourth-order valence-electron chi connectivity index (χ4n) is 6.79. The molecule has 0 aromatic heterocycles. The zero-order valence-corrected chi connectivity index (χ0v) is 23.8. The van der Waals surface area contributed by atoms with E-state index in [-0.39, 0.29) is 11.8 Å². The number of phenolic OH excluding ortho intramolecular Hbond substituents is 1. The molecule has 2 aromatic rings. The molecule has 224 valence electrons. The molecular formula is C32H44N2O7. The summed E-state index contributed by atoms with van der Waals surface area (Å²) in [6, 6.07) is 11.6. The predicted molar refractivity (Wildman–Crippen MR) is 154 cm³/mol. The number of nitrogens with zero attached hydrogens (tertiary/aromatic N) is 1. The van der Waals surface area contributed by atoms with Gasteiger partial charge in [-0.3, -0.25) is 0 Å². The number of aliphatic hydroxyl groups is 4. The lowest BCUT2D eigenvalue weighted by molar-refractivity contribution is -0.232. The highest BCUT2D eigenvalue weighted by Gasteiger charge is 2.44. The van der Waals surface area contributed by atoms with Crippen LogP contribution in [0, 0.1) is 18.8 Å². The molecule has 1 aliphatic carbocycles. The van der Waals surface area contributed by atoms with E-state index in [0.717, 1.165) is 54.1 Å². The van der Waals surface area contributed by atoms with E-state index >= 15 is 0 Å². The maximum Gasteiger partial charge on any atom is 0.317 e. The van der Waals surface area contributed by atoms with Crippen LogP contribution in [0.2, 0.25) is 0 Å². The number of fused-ring (bicyclic) bond motifs is 1. The molecular weight excluding hydrogens is 524 g/mol. The summed E-state index contributed by atoms with van der Waals surface area (Å²) in [5.41, 5.74) is 4.25. The number of aromatic hydroxyl groups is 1. The summed E-state index contributed by atoms with van der Waals surface area (Å²) in [6.45, 7) is 3.69. The number of hydrogen-bond acceptors (Lipinski definition) is 7. The summed E-state index contributed by atoms with van der Waals surface area (Å²) in [5, 5.41) is 54.1. The number of aliphatic hydroxyl groups excluding tert-OH is 4. The molecule has 3 fully saturated rings. The van der Waals surface area contributed by atoms with Gasteiger partial charge in [-0.15, -0.1) is 0 Å². The largest absolute Gasteiger partial charge is 0.508 e. The van der Waals surface area contributed by atoms with Gasteiger partial charge < -0.3 is 40.5 Å². The average molecular weight is 569 g/mol. The van der Waals surface area contributed by atoms with Gasteiger partial charge in [0.1, 0.15) is 36.3 Å². The van der Waals surface area contributed by atoms with E-state index in [2.05, 4.69) is 17.4 Å². The van der Waals surface area contributed by atoms with E-state index in [1.807, 2.05) is 24.0 Å². The van der Waals surface area contributed by atoms with Crippen LogP contribution in [0.5, 0.6) is 5.75 Å². The Labute approximate surface area is 241 Å². The van der Waals surface area contributed by atoms with Crippen LogP contribution in [-0.2, 0) is 17.6 Å². The van der Waals surface area contributed by atoms with Crippen molar-refractivity contribution in [1.82, 2.24) is 10.2 Å². The Morgan fingerprint density at radius 1 is 0.976 bits per heavy atom. The zero-order valence-electron chi connectivity index (χ0n) is 23.8. The van der Waals surface area contributed by atoms with Crippen molar-refractivity contribution in [3.8, 4) is 5.75 Å². The number of amides is 2. The molecule has 5 rings (SSSR count). The van der Waals surface area contributed by atoms with Gasteiger partial charge in [-0.05, 0) is 78.8 Å². The van der Waals surface area contributed by atoms with Gasteiger partial charge >= 0.3 is 6.03 Å². The third-order valence-electron chi connectivity index (χ3n) is 9.37. The molecule has 3 aliphatic rings. The number of ether oxygens (including phenoxy) is 1. The molecule has 41 heavy (non-hydrogen) atoms. The third kappa shape index (κ3) is 6.70. The van der Waals surface area contributed by atoms with Crippen molar-refractivity contribution in [2.45, 2.75) is 82.4 Å². The Morgan fingerprint density at radius 3 is 2.41 bits per heavy atom. The standard InChI is InChI=1S/C32H44N2O7/c1-19-14-26(36)25(31-30(39)29(38)28(37)27(18-35)41-31)16-24(19)15-21-8-6-20(7-9-21)10-12-33-32(40)34-13-11-22-4-2-3-5-23(22)17-34/h6-9,14,16,22-23,27-31,35-39H,2-5,10-13,15,17-18H2,1H3,(H,33,40)/t22?,23?,27-,28-,29+,30-,31+/m1/s1. The van der Waals surface area contributed by atoms with Crippen LogP contribution in [0.15, 0.2) is 36.4 Å². The number of benzene rings is 2. The average Bonchev–Trinajstić information content (AvgIpc) is 2.98. The summed E-state index contributed by atoms with van der Waals surface area (Å²) < 4.78 is 5.67. The number of rotatable bonds is 7. The molecule has 0 radical (unpaired) electrons. The number of piperidine rings is 1. The maximum atomic E-state index is 12.7. The first-order chi connectivity index (χ1) is 19.7. The summed E-state index contributed by atoms with van der Waals surface area (Å²) in [7, 11) is 0. The van der Waals surface area contributed by atoms with Gasteiger partial charge in [0, 0.05) is 25.2 Å². The molecule has 6 N–H and O–H groups in total. The molecule has 2 aliphatic heterocycles. The fourth-order valence-corrected chi connectivity index (χ4v) is 6.79. The molecule has 7 atom stereocenters. The second-order valence-electron chi connectivity index (χ2n) is 12.1.